The van der Waals surface area contributed by atoms with E-state index in [-0.39, 0.29) is 0 Å². The van der Waals surface area contributed by atoms with Crippen molar-refractivity contribution in [2.24, 2.45) is 0 Å². The number of hydrogen-bond acceptors (Lipinski definition) is 4. The standard InChI is InChI=1S/C27H28Br4N2O2/c28-20-9-10-25(23(30)17-20)35-26-19-21(29)18-24(31)27(26)34-16-6-2-5-11-32-12-14-33(15-13-32)22-7-3-1-4-8-22/h1,3-4,7-10,17-19H,2,5-6,11-16H2. The summed E-state index contributed by atoms with van der Waals surface area (Å²) in [6, 6.07) is 20.5. The van der Waals surface area contributed by atoms with Gasteiger partial charge in [0, 0.05) is 40.8 Å². The molecule has 8 heteroatoms. The molecule has 4 nitrogen and oxygen atoms in total. The minimum Gasteiger partial charge on any atom is -0.488 e. The van der Waals surface area contributed by atoms with Gasteiger partial charge < -0.3 is 14.4 Å². The molecule has 0 radical (unpaired) electrons. The predicted molar refractivity (Wildman–Crippen MR) is 158 cm³/mol. The first-order valence-electron chi connectivity index (χ1n) is 11.8. The molecule has 0 aliphatic carbocycles. The van der Waals surface area contributed by atoms with E-state index in [1.807, 2.05) is 30.3 Å². The molecule has 4 rings (SSSR count). The van der Waals surface area contributed by atoms with Crippen LogP contribution in [0, 0.1) is 0 Å². The van der Waals surface area contributed by atoms with Gasteiger partial charge in [-0.3, -0.25) is 4.90 Å². The van der Waals surface area contributed by atoms with Crippen LogP contribution in [0.25, 0.3) is 0 Å². The zero-order valence-electron chi connectivity index (χ0n) is 19.4. The monoisotopic (exact) mass is 728 g/mol. The maximum absolute atomic E-state index is 6.19. The molecule has 1 aliphatic heterocycles. The Labute approximate surface area is 241 Å². The molecule has 3 aromatic rings. The average molecular weight is 732 g/mol. The number of ether oxygens (including phenoxy) is 2. The van der Waals surface area contributed by atoms with E-state index >= 15 is 0 Å². The van der Waals surface area contributed by atoms with Crippen LogP contribution >= 0.6 is 63.7 Å². The molecule has 0 aromatic heterocycles. The van der Waals surface area contributed by atoms with Crippen molar-refractivity contribution in [3.8, 4) is 17.2 Å². The summed E-state index contributed by atoms with van der Waals surface area (Å²) in [4.78, 5) is 5.06. The maximum atomic E-state index is 6.19. The molecule has 0 saturated carbocycles. The molecule has 0 spiro atoms. The van der Waals surface area contributed by atoms with E-state index in [0.717, 1.165) is 75.0 Å². The third-order valence-corrected chi connectivity index (χ3v) is 8.11. The van der Waals surface area contributed by atoms with Gasteiger partial charge in [0.05, 0.1) is 15.6 Å². The van der Waals surface area contributed by atoms with Crippen molar-refractivity contribution in [2.45, 2.75) is 19.3 Å². The number of rotatable bonds is 10. The Morgan fingerprint density at radius 1 is 0.686 bits per heavy atom. The molecule has 35 heavy (non-hydrogen) atoms. The first kappa shape index (κ1) is 27.0. The van der Waals surface area contributed by atoms with E-state index in [1.54, 1.807) is 0 Å². The van der Waals surface area contributed by atoms with Gasteiger partial charge in [-0.15, -0.1) is 0 Å². The van der Waals surface area contributed by atoms with E-state index in [9.17, 15) is 0 Å². The fourth-order valence-corrected chi connectivity index (χ4v) is 6.51. The normalized spacial score (nSPS) is 14.2. The van der Waals surface area contributed by atoms with Crippen LogP contribution in [-0.4, -0.2) is 44.2 Å². The molecule has 1 fully saturated rings. The zero-order valence-corrected chi connectivity index (χ0v) is 25.7. The predicted octanol–water partition coefficient (Wildman–Crippen LogP) is 8.90. The highest BCUT2D eigenvalue weighted by Crippen LogP contribution is 2.42. The number of piperazine rings is 1. The summed E-state index contributed by atoms with van der Waals surface area (Å²) in [5.74, 6) is 2.13. The molecule has 186 valence electrons. The fraction of sp³-hybridized carbons (Fsp3) is 0.333. The Bertz CT molecular complexity index is 1110. The average Bonchev–Trinajstić information content (AvgIpc) is 2.85. The lowest BCUT2D eigenvalue weighted by Crippen LogP contribution is -2.46. The highest BCUT2D eigenvalue weighted by molar-refractivity contribution is 9.11. The third-order valence-electron chi connectivity index (χ3n) is 5.95. The number of unbranched alkanes of at least 4 members (excludes halogenated alkanes) is 2. The van der Waals surface area contributed by atoms with Gasteiger partial charge in [-0.1, -0.05) is 50.1 Å². The Kier molecular flexibility index (Phi) is 10.4. The van der Waals surface area contributed by atoms with Gasteiger partial charge in [0.1, 0.15) is 5.75 Å². The van der Waals surface area contributed by atoms with Crippen LogP contribution in [0.2, 0.25) is 0 Å². The number of benzene rings is 3. The Morgan fingerprint density at radius 2 is 1.43 bits per heavy atom. The SMILES string of the molecule is Brc1ccc(Oc2cc(Br)cc(Br)c2OCCCCCN2CCN(c3ccccc3)CC2)c(Br)c1. The summed E-state index contributed by atoms with van der Waals surface area (Å²) in [5.41, 5.74) is 1.33. The van der Waals surface area contributed by atoms with Gasteiger partial charge >= 0.3 is 0 Å². The summed E-state index contributed by atoms with van der Waals surface area (Å²) < 4.78 is 16.0. The minimum atomic E-state index is 0.653. The molecular weight excluding hydrogens is 704 g/mol. The number of para-hydroxylation sites is 1. The summed E-state index contributed by atoms with van der Waals surface area (Å²) >= 11 is 14.2. The van der Waals surface area contributed by atoms with E-state index in [0.29, 0.717) is 12.4 Å². The molecule has 0 atom stereocenters. The van der Waals surface area contributed by atoms with Crippen molar-refractivity contribution < 1.29 is 9.47 Å². The molecule has 0 bridgehead atoms. The smallest absolute Gasteiger partial charge is 0.176 e. The second-order valence-electron chi connectivity index (χ2n) is 8.47. The summed E-state index contributed by atoms with van der Waals surface area (Å²) in [6.07, 6.45) is 3.33. The summed E-state index contributed by atoms with van der Waals surface area (Å²) in [5, 5.41) is 0. The Hall–Kier alpha value is -1.06. The van der Waals surface area contributed by atoms with Crippen LogP contribution in [0.3, 0.4) is 0 Å². The van der Waals surface area contributed by atoms with Crippen molar-refractivity contribution in [1.82, 2.24) is 4.90 Å². The van der Waals surface area contributed by atoms with Gasteiger partial charge in [0.2, 0.25) is 0 Å². The first-order valence-corrected chi connectivity index (χ1v) is 14.9. The maximum Gasteiger partial charge on any atom is 0.176 e. The van der Waals surface area contributed by atoms with E-state index in [1.165, 1.54) is 12.1 Å². The lowest BCUT2D eigenvalue weighted by Gasteiger charge is -2.36. The van der Waals surface area contributed by atoms with Gasteiger partial charge in [-0.25, -0.2) is 0 Å². The Balaban J connectivity index is 1.21. The molecular formula is C27H28Br4N2O2. The van der Waals surface area contributed by atoms with Crippen LogP contribution in [-0.2, 0) is 0 Å². The Morgan fingerprint density at radius 3 is 2.17 bits per heavy atom. The number of hydrogen-bond donors (Lipinski definition) is 0. The first-order chi connectivity index (χ1) is 17.0. The molecule has 1 saturated heterocycles. The molecule has 0 N–H and O–H groups in total. The van der Waals surface area contributed by atoms with Crippen molar-refractivity contribution in [1.29, 1.82) is 0 Å². The molecule has 0 amide bonds. The molecule has 1 aliphatic rings. The van der Waals surface area contributed by atoms with Crippen molar-refractivity contribution in [3.05, 3.63) is 78.6 Å². The third kappa shape index (κ3) is 7.96. The van der Waals surface area contributed by atoms with Crippen molar-refractivity contribution in [3.63, 3.8) is 0 Å². The van der Waals surface area contributed by atoms with Crippen LogP contribution < -0.4 is 14.4 Å². The van der Waals surface area contributed by atoms with Crippen LogP contribution in [0.4, 0.5) is 5.69 Å². The van der Waals surface area contributed by atoms with Crippen molar-refractivity contribution in [2.75, 3.05) is 44.2 Å². The lowest BCUT2D eigenvalue weighted by molar-refractivity contribution is 0.244. The number of nitrogens with zero attached hydrogens (tertiary/aromatic N) is 2. The number of halogens is 4. The van der Waals surface area contributed by atoms with Crippen molar-refractivity contribution >= 4 is 69.4 Å². The largest absolute Gasteiger partial charge is 0.488 e. The lowest BCUT2D eigenvalue weighted by atomic mass is 10.2. The van der Waals surface area contributed by atoms with Gasteiger partial charge in [-0.2, -0.15) is 0 Å². The summed E-state index contributed by atoms with van der Waals surface area (Å²) in [6.45, 7) is 6.26. The highest BCUT2D eigenvalue weighted by atomic mass is 79.9. The van der Waals surface area contributed by atoms with Gasteiger partial charge in [0.25, 0.3) is 0 Å². The molecule has 3 aromatic carbocycles. The van der Waals surface area contributed by atoms with Gasteiger partial charge in [-0.05, 0) is 100 Å². The second-order valence-corrected chi connectivity index (χ2v) is 12.0. The van der Waals surface area contributed by atoms with Gasteiger partial charge in [0.15, 0.2) is 11.5 Å². The highest BCUT2D eigenvalue weighted by Gasteiger charge is 2.17. The van der Waals surface area contributed by atoms with E-state index in [2.05, 4.69) is 104 Å². The van der Waals surface area contributed by atoms with E-state index in [4.69, 9.17) is 9.47 Å². The molecule has 0 unspecified atom stereocenters. The van der Waals surface area contributed by atoms with Crippen LogP contribution in [0.1, 0.15) is 19.3 Å². The van der Waals surface area contributed by atoms with Crippen LogP contribution in [0.15, 0.2) is 78.6 Å². The second kappa shape index (κ2) is 13.5. The topological polar surface area (TPSA) is 24.9 Å². The zero-order chi connectivity index (χ0) is 24.6. The summed E-state index contributed by atoms with van der Waals surface area (Å²) in [7, 11) is 0. The fourth-order valence-electron chi connectivity index (χ4n) is 4.09. The quantitative estimate of drug-likeness (QED) is 0.195. The number of anilines is 1. The van der Waals surface area contributed by atoms with E-state index < -0.39 is 0 Å². The van der Waals surface area contributed by atoms with Crippen LogP contribution in [0.5, 0.6) is 17.2 Å². The molecule has 1 heterocycles. The minimum absolute atomic E-state index is 0.653.